The van der Waals surface area contributed by atoms with Crippen LogP contribution in [0.5, 0.6) is 0 Å². The maximum Gasteiger partial charge on any atom is 0.309 e. The number of hydrogen-bond acceptors (Lipinski definition) is 4. The molecule has 1 heterocycles. The Hall–Kier alpha value is -1.81. The Balaban J connectivity index is 2.19. The molecule has 0 atom stereocenters. The number of esters is 1. The molecule has 0 spiro atoms. The summed E-state index contributed by atoms with van der Waals surface area (Å²) in [6.07, 6.45) is 1.01. The van der Waals surface area contributed by atoms with E-state index in [-0.39, 0.29) is 12.4 Å². The van der Waals surface area contributed by atoms with Crippen molar-refractivity contribution in [3.63, 3.8) is 0 Å². The van der Waals surface area contributed by atoms with E-state index in [4.69, 9.17) is 9.15 Å². The van der Waals surface area contributed by atoms with Gasteiger partial charge in [-0.15, -0.1) is 0 Å². The van der Waals surface area contributed by atoms with Gasteiger partial charge in [0.05, 0.1) is 20.1 Å². The highest BCUT2D eigenvalue weighted by atomic mass is 16.5. The van der Waals surface area contributed by atoms with Gasteiger partial charge in [0, 0.05) is 18.9 Å². The van der Waals surface area contributed by atoms with E-state index in [0.717, 1.165) is 28.7 Å². The van der Waals surface area contributed by atoms with Gasteiger partial charge in [-0.05, 0) is 17.7 Å². The highest BCUT2D eigenvalue weighted by Gasteiger charge is 2.07. The van der Waals surface area contributed by atoms with Crippen LogP contribution in [0, 0.1) is 0 Å². The molecule has 0 bridgehead atoms. The third-order valence-electron chi connectivity index (χ3n) is 2.76. The normalized spacial score (nSPS) is 10.8. The molecule has 0 saturated heterocycles. The van der Waals surface area contributed by atoms with Gasteiger partial charge in [-0.3, -0.25) is 4.79 Å². The summed E-state index contributed by atoms with van der Waals surface area (Å²) in [7, 11) is 3.05. The molecule has 0 fully saturated rings. The predicted octanol–water partition coefficient (Wildman–Crippen LogP) is 2.34. The van der Waals surface area contributed by atoms with Gasteiger partial charge in [0.1, 0.15) is 11.3 Å². The molecule has 4 heteroatoms. The Labute approximate surface area is 105 Å². The number of carbonyl (C=O) groups is 1. The van der Waals surface area contributed by atoms with Gasteiger partial charge in [0.2, 0.25) is 0 Å². The van der Waals surface area contributed by atoms with Crippen molar-refractivity contribution in [1.29, 1.82) is 0 Å². The molecule has 0 amide bonds. The van der Waals surface area contributed by atoms with E-state index in [2.05, 4.69) is 4.74 Å². The van der Waals surface area contributed by atoms with Crippen LogP contribution in [0.15, 0.2) is 28.7 Å². The minimum absolute atomic E-state index is 0.250. The maximum atomic E-state index is 11.2. The van der Waals surface area contributed by atoms with Gasteiger partial charge in [-0.25, -0.2) is 0 Å². The molecular weight excluding hydrogens is 232 g/mol. The van der Waals surface area contributed by atoms with E-state index in [9.17, 15) is 4.79 Å². The fourth-order valence-electron chi connectivity index (χ4n) is 1.81. The molecule has 2 rings (SSSR count). The Kier molecular flexibility index (Phi) is 3.99. The number of methoxy groups -OCH3 is 2. The largest absolute Gasteiger partial charge is 0.469 e. The van der Waals surface area contributed by atoms with Crippen LogP contribution in [0.1, 0.15) is 11.3 Å². The molecule has 0 aliphatic heterocycles. The average molecular weight is 248 g/mol. The summed E-state index contributed by atoms with van der Waals surface area (Å²) < 4.78 is 15.3. The van der Waals surface area contributed by atoms with Crippen LogP contribution in [-0.2, 0) is 27.1 Å². The third kappa shape index (κ3) is 2.90. The molecule has 1 aromatic heterocycles. The van der Waals surface area contributed by atoms with Crippen LogP contribution in [-0.4, -0.2) is 26.8 Å². The third-order valence-corrected chi connectivity index (χ3v) is 2.76. The smallest absolute Gasteiger partial charge is 0.309 e. The van der Waals surface area contributed by atoms with E-state index in [1.807, 2.05) is 24.3 Å². The number of fused-ring (bicyclic) bond motifs is 1. The molecule has 0 aliphatic carbocycles. The van der Waals surface area contributed by atoms with Crippen molar-refractivity contribution >= 4 is 16.9 Å². The monoisotopic (exact) mass is 248 g/mol. The van der Waals surface area contributed by atoms with E-state index in [1.165, 1.54) is 7.11 Å². The van der Waals surface area contributed by atoms with Crippen LogP contribution in [0.2, 0.25) is 0 Å². The Morgan fingerprint density at radius 1 is 1.28 bits per heavy atom. The van der Waals surface area contributed by atoms with E-state index < -0.39 is 0 Å². The predicted molar refractivity (Wildman–Crippen MR) is 67.5 cm³/mol. The first-order valence-electron chi connectivity index (χ1n) is 5.80. The molecule has 0 saturated carbocycles. The average Bonchev–Trinajstić information content (AvgIpc) is 2.78. The van der Waals surface area contributed by atoms with Crippen LogP contribution in [0.3, 0.4) is 0 Å². The lowest BCUT2D eigenvalue weighted by Crippen LogP contribution is -2.03. The van der Waals surface area contributed by atoms with Gasteiger partial charge >= 0.3 is 5.97 Å². The summed E-state index contributed by atoms with van der Waals surface area (Å²) in [5.41, 5.74) is 1.68. The second kappa shape index (κ2) is 5.69. The highest BCUT2D eigenvalue weighted by Crippen LogP contribution is 2.21. The van der Waals surface area contributed by atoms with E-state index in [0.29, 0.717) is 6.61 Å². The summed E-state index contributed by atoms with van der Waals surface area (Å²) in [6.45, 7) is 0.634. The van der Waals surface area contributed by atoms with E-state index >= 15 is 0 Å². The number of ether oxygens (including phenoxy) is 2. The first-order valence-corrected chi connectivity index (χ1v) is 5.80. The first-order chi connectivity index (χ1) is 8.72. The van der Waals surface area contributed by atoms with Crippen molar-refractivity contribution in [1.82, 2.24) is 0 Å². The molecule has 0 unspecified atom stereocenters. The van der Waals surface area contributed by atoms with E-state index in [1.54, 1.807) is 7.11 Å². The SMILES string of the molecule is COCCc1cc2ccc(CC(=O)OC)cc2o1. The number of benzene rings is 1. The fraction of sp³-hybridized carbons (Fsp3) is 0.357. The number of carbonyl (C=O) groups excluding carboxylic acids is 1. The molecule has 0 N–H and O–H groups in total. The second-order valence-electron chi connectivity index (χ2n) is 4.08. The van der Waals surface area contributed by atoms with Gasteiger partial charge in [0.15, 0.2) is 0 Å². The number of rotatable bonds is 5. The van der Waals surface area contributed by atoms with Crippen molar-refractivity contribution in [2.75, 3.05) is 20.8 Å². The zero-order chi connectivity index (χ0) is 13.0. The van der Waals surface area contributed by atoms with Crippen molar-refractivity contribution in [3.05, 3.63) is 35.6 Å². The molecular formula is C14H16O4. The topological polar surface area (TPSA) is 48.7 Å². The fourth-order valence-corrected chi connectivity index (χ4v) is 1.81. The van der Waals surface area contributed by atoms with Crippen LogP contribution >= 0.6 is 0 Å². The molecule has 1 aromatic carbocycles. The summed E-state index contributed by atoms with van der Waals surface area (Å²) >= 11 is 0. The summed E-state index contributed by atoms with van der Waals surface area (Å²) in [5, 5.41) is 1.04. The lowest BCUT2D eigenvalue weighted by Gasteiger charge is -1.99. The standard InChI is InChI=1S/C14H16O4/c1-16-6-5-12-9-11-4-3-10(7-13(11)18-12)8-14(15)17-2/h3-4,7,9H,5-6,8H2,1-2H3. The van der Waals surface area contributed by atoms with Gasteiger partial charge in [0.25, 0.3) is 0 Å². The van der Waals surface area contributed by atoms with Crippen LogP contribution < -0.4 is 0 Å². The Bertz CT molecular complexity index is 542. The molecule has 2 aromatic rings. The minimum Gasteiger partial charge on any atom is -0.469 e. The quantitative estimate of drug-likeness (QED) is 0.762. The summed E-state index contributed by atoms with van der Waals surface area (Å²) in [6, 6.07) is 7.74. The summed E-state index contributed by atoms with van der Waals surface area (Å²) in [4.78, 5) is 11.2. The highest BCUT2D eigenvalue weighted by molar-refractivity contribution is 5.80. The van der Waals surface area contributed by atoms with Crippen molar-refractivity contribution in [2.45, 2.75) is 12.8 Å². The van der Waals surface area contributed by atoms with Crippen molar-refractivity contribution in [2.24, 2.45) is 0 Å². The van der Waals surface area contributed by atoms with Gasteiger partial charge in [-0.2, -0.15) is 0 Å². The molecule has 0 radical (unpaired) electrons. The van der Waals surface area contributed by atoms with Gasteiger partial charge in [-0.1, -0.05) is 12.1 Å². The zero-order valence-corrected chi connectivity index (χ0v) is 10.6. The van der Waals surface area contributed by atoms with Crippen LogP contribution in [0.4, 0.5) is 0 Å². The Morgan fingerprint density at radius 3 is 2.83 bits per heavy atom. The zero-order valence-electron chi connectivity index (χ0n) is 10.6. The summed E-state index contributed by atoms with van der Waals surface area (Å²) in [5.74, 6) is 0.641. The minimum atomic E-state index is -0.250. The molecule has 4 nitrogen and oxygen atoms in total. The van der Waals surface area contributed by atoms with Crippen LogP contribution in [0.25, 0.3) is 11.0 Å². The first kappa shape index (κ1) is 12.6. The van der Waals surface area contributed by atoms with Crippen molar-refractivity contribution in [3.8, 4) is 0 Å². The van der Waals surface area contributed by atoms with Gasteiger partial charge < -0.3 is 13.9 Å². The Morgan fingerprint density at radius 2 is 2.11 bits per heavy atom. The number of furan rings is 1. The maximum absolute atomic E-state index is 11.2. The lowest BCUT2D eigenvalue weighted by molar-refractivity contribution is -0.139. The molecule has 96 valence electrons. The molecule has 18 heavy (non-hydrogen) atoms. The number of hydrogen-bond donors (Lipinski definition) is 0. The lowest BCUT2D eigenvalue weighted by atomic mass is 10.1. The second-order valence-corrected chi connectivity index (χ2v) is 4.08. The molecule has 0 aliphatic rings. The van der Waals surface area contributed by atoms with Crippen molar-refractivity contribution < 1.29 is 18.7 Å².